The largest absolute Gasteiger partial charge is 0.309 e. The molecule has 4 nitrogen and oxygen atoms in total. The highest BCUT2D eigenvalue weighted by molar-refractivity contribution is 9.10. The molecule has 6 heteroatoms. The number of nitrogens with zero attached hydrogens (tertiary/aromatic N) is 3. The van der Waals surface area contributed by atoms with Crippen LogP contribution in [0.15, 0.2) is 33.0 Å². The van der Waals surface area contributed by atoms with Crippen molar-refractivity contribution in [3.63, 3.8) is 0 Å². The Bertz CT molecular complexity index is 815. The highest BCUT2D eigenvalue weighted by Crippen LogP contribution is 2.21. The van der Waals surface area contributed by atoms with Crippen LogP contribution in [0.4, 0.5) is 0 Å². The van der Waals surface area contributed by atoms with Crippen LogP contribution in [0.3, 0.4) is 0 Å². The first-order valence-electron chi connectivity index (χ1n) is 5.82. The van der Waals surface area contributed by atoms with Gasteiger partial charge < -0.3 is 4.57 Å². The summed E-state index contributed by atoms with van der Waals surface area (Å²) in [4.78, 5) is 12.3. The fraction of sp³-hybridized carbons (Fsp3) is 0.231. The highest BCUT2D eigenvalue weighted by Gasteiger charge is 2.12. The van der Waals surface area contributed by atoms with Gasteiger partial charge >= 0.3 is 0 Å². The molecule has 0 amide bonds. The first-order chi connectivity index (χ1) is 9.08. The summed E-state index contributed by atoms with van der Waals surface area (Å²) in [7, 11) is 1.89. The molecular formula is C13H12BrN3OS. The van der Waals surface area contributed by atoms with Crippen molar-refractivity contribution < 1.29 is 0 Å². The Morgan fingerprint density at radius 2 is 2.21 bits per heavy atom. The van der Waals surface area contributed by atoms with Crippen LogP contribution in [-0.4, -0.2) is 14.3 Å². The number of aryl methyl sites for hydroxylation is 2. The molecule has 3 aromatic heterocycles. The van der Waals surface area contributed by atoms with E-state index in [2.05, 4.69) is 21.0 Å². The summed E-state index contributed by atoms with van der Waals surface area (Å²) >= 11 is 5.12. The van der Waals surface area contributed by atoms with Crippen molar-refractivity contribution in [2.24, 2.45) is 7.05 Å². The molecule has 0 spiro atoms. The van der Waals surface area contributed by atoms with Crippen molar-refractivity contribution in [2.45, 2.75) is 13.5 Å². The Labute approximate surface area is 122 Å². The molecule has 0 aromatic carbocycles. The SMILES string of the molecule is Cc1nn(C)c(Cn2ccc3sccc3c2=O)c1Br. The monoisotopic (exact) mass is 337 g/mol. The van der Waals surface area contributed by atoms with E-state index in [1.54, 1.807) is 15.9 Å². The Kier molecular flexibility index (Phi) is 3.06. The Hall–Kier alpha value is -1.40. The predicted molar refractivity (Wildman–Crippen MR) is 80.8 cm³/mol. The smallest absolute Gasteiger partial charge is 0.259 e. The molecule has 0 atom stereocenters. The Morgan fingerprint density at radius 3 is 2.89 bits per heavy atom. The number of thiophene rings is 1. The topological polar surface area (TPSA) is 39.8 Å². The maximum atomic E-state index is 12.3. The van der Waals surface area contributed by atoms with Crippen LogP contribution < -0.4 is 5.56 Å². The summed E-state index contributed by atoms with van der Waals surface area (Å²) in [6, 6.07) is 3.86. The fourth-order valence-electron chi connectivity index (χ4n) is 2.14. The third-order valence-corrected chi connectivity index (χ3v) is 5.09. The van der Waals surface area contributed by atoms with Crippen LogP contribution in [0.2, 0.25) is 0 Å². The quantitative estimate of drug-likeness (QED) is 0.721. The van der Waals surface area contributed by atoms with Crippen molar-refractivity contribution in [3.8, 4) is 0 Å². The molecule has 0 aliphatic heterocycles. The maximum Gasteiger partial charge on any atom is 0.259 e. The molecule has 0 aliphatic carbocycles. The summed E-state index contributed by atoms with van der Waals surface area (Å²) in [5.74, 6) is 0. The van der Waals surface area contributed by atoms with Gasteiger partial charge in [-0.2, -0.15) is 5.10 Å². The molecule has 3 rings (SSSR count). The number of pyridine rings is 1. The minimum absolute atomic E-state index is 0.0458. The van der Waals surface area contributed by atoms with Gasteiger partial charge in [0, 0.05) is 17.9 Å². The highest BCUT2D eigenvalue weighted by atomic mass is 79.9. The molecule has 0 radical (unpaired) electrons. The first kappa shape index (κ1) is 12.6. The van der Waals surface area contributed by atoms with Gasteiger partial charge in [0.05, 0.1) is 27.8 Å². The Balaban J connectivity index is 2.10. The third-order valence-electron chi connectivity index (χ3n) is 3.17. The van der Waals surface area contributed by atoms with Gasteiger partial charge in [-0.3, -0.25) is 9.48 Å². The number of hydrogen-bond donors (Lipinski definition) is 0. The maximum absolute atomic E-state index is 12.3. The van der Waals surface area contributed by atoms with Crippen molar-refractivity contribution in [3.05, 3.63) is 49.9 Å². The average molecular weight is 338 g/mol. The van der Waals surface area contributed by atoms with Crippen LogP contribution in [0.1, 0.15) is 11.4 Å². The lowest BCUT2D eigenvalue weighted by Crippen LogP contribution is -2.20. The zero-order valence-corrected chi connectivity index (χ0v) is 13.0. The van der Waals surface area contributed by atoms with Gasteiger partial charge in [-0.25, -0.2) is 0 Å². The lowest BCUT2D eigenvalue weighted by Gasteiger charge is -2.07. The minimum Gasteiger partial charge on any atom is -0.309 e. The summed E-state index contributed by atoms with van der Waals surface area (Å²) in [6.45, 7) is 2.46. The predicted octanol–water partition coefficient (Wildman–Crippen LogP) is 2.92. The van der Waals surface area contributed by atoms with Gasteiger partial charge in [-0.05, 0) is 40.4 Å². The molecule has 0 bridgehead atoms. The zero-order valence-electron chi connectivity index (χ0n) is 10.6. The first-order valence-corrected chi connectivity index (χ1v) is 7.50. The molecule has 0 aliphatic rings. The van der Waals surface area contributed by atoms with E-state index >= 15 is 0 Å². The van der Waals surface area contributed by atoms with Crippen LogP contribution in [-0.2, 0) is 13.6 Å². The fourth-order valence-corrected chi connectivity index (χ4v) is 3.38. The average Bonchev–Trinajstić information content (AvgIpc) is 2.93. The molecule has 0 saturated carbocycles. The summed E-state index contributed by atoms with van der Waals surface area (Å²) in [5, 5.41) is 7.07. The summed E-state index contributed by atoms with van der Waals surface area (Å²) < 4.78 is 5.52. The summed E-state index contributed by atoms with van der Waals surface area (Å²) in [5.41, 5.74) is 1.97. The van der Waals surface area contributed by atoms with E-state index in [-0.39, 0.29) is 5.56 Å². The molecule has 0 unspecified atom stereocenters. The number of halogens is 1. The standard InChI is InChI=1S/C13H12BrN3OS/c1-8-12(14)10(16(2)15-8)7-17-5-3-11-9(13(17)18)4-6-19-11/h3-6H,7H2,1-2H3. The summed E-state index contributed by atoms with van der Waals surface area (Å²) in [6.07, 6.45) is 1.84. The van der Waals surface area contributed by atoms with Gasteiger partial charge in [0.2, 0.25) is 0 Å². The van der Waals surface area contributed by atoms with E-state index in [0.29, 0.717) is 6.54 Å². The Morgan fingerprint density at radius 1 is 1.42 bits per heavy atom. The lowest BCUT2D eigenvalue weighted by atomic mass is 10.3. The molecule has 0 N–H and O–H groups in total. The van der Waals surface area contributed by atoms with Crippen molar-refractivity contribution in [1.29, 1.82) is 0 Å². The molecule has 0 saturated heterocycles. The van der Waals surface area contributed by atoms with Gasteiger partial charge in [0.25, 0.3) is 5.56 Å². The van der Waals surface area contributed by atoms with Crippen LogP contribution in [0, 0.1) is 6.92 Å². The van der Waals surface area contributed by atoms with E-state index in [9.17, 15) is 4.79 Å². The molecule has 3 aromatic rings. The van der Waals surface area contributed by atoms with Crippen molar-refractivity contribution in [2.75, 3.05) is 0 Å². The molecule has 3 heterocycles. The van der Waals surface area contributed by atoms with E-state index < -0.39 is 0 Å². The second-order valence-corrected chi connectivity index (χ2v) is 6.16. The van der Waals surface area contributed by atoms with Gasteiger partial charge in [0.15, 0.2) is 0 Å². The minimum atomic E-state index is 0.0458. The molecule has 0 fully saturated rings. The molecule has 98 valence electrons. The second-order valence-electron chi connectivity index (χ2n) is 4.42. The van der Waals surface area contributed by atoms with Gasteiger partial charge in [0.1, 0.15) is 0 Å². The van der Waals surface area contributed by atoms with E-state index in [4.69, 9.17) is 0 Å². The number of rotatable bonds is 2. The van der Waals surface area contributed by atoms with E-state index in [0.717, 1.165) is 25.9 Å². The number of hydrogen-bond acceptors (Lipinski definition) is 3. The van der Waals surface area contributed by atoms with E-state index in [1.807, 2.05) is 42.4 Å². The zero-order chi connectivity index (χ0) is 13.6. The van der Waals surface area contributed by atoms with Gasteiger partial charge in [-0.15, -0.1) is 11.3 Å². The van der Waals surface area contributed by atoms with Crippen molar-refractivity contribution >= 4 is 37.4 Å². The van der Waals surface area contributed by atoms with E-state index in [1.165, 1.54) is 0 Å². The third kappa shape index (κ3) is 2.04. The van der Waals surface area contributed by atoms with Crippen LogP contribution in [0.25, 0.3) is 10.1 Å². The number of fused-ring (bicyclic) bond motifs is 1. The van der Waals surface area contributed by atoms with Crippen LogP contribution >= 0.6 is 27.3 Å². The molecular weight excluding hydrogens is 326 g/mol. The molecule has 19 heavy (non-hydrogen) atoms. The number of aromatic nitrogens is 3. The lowest BCUT2D eigenvalue weighted by molar-refractivity contribution is 0.652. The van der Waals surface area contributed by atoms with Crippen LogP contribution in [0.5, 0.6) is 0 Å². The van der Waals surface area contributed by atoms with Gasteiger partial charge in [-0.1, -0.05) is 0 Å². The second kappa shape index (κ2) is 4.61. The normalized spacial score (nSPS) is 11.3. The van der Waals surface area contributed by atoms with Crippen molar-refractivity contribution in [1.82, 2.24) is 14.3 Å².